The summed E-state index contributed by atoms with van der Waals surface area (Å²) in [5.41, 5.74) is 2.05. The second-order valence-corrected chi connectivity index (χ2v) is 9.01. The van der Waals surface area contributed by atoms with Crippen LogP contribution in [0.5, 0.6) is 0 Å². The van der Waals surface area contributed by atoms with Crippen LogP contribution in [0.2, 0.25) is 5.02 Å². The van der Waals surface area contributed by atoms with Gasteiger partial charge in [0.05, 0.1) is 17.3 Å². The van der Waals surface area contributed by atoms with Crippen molar-refractivity contribution in [1.82, 2.24) is 29.0 Å². The van der Waals surface area contributed by atoms with Crippen LogP contribution in [0, 0.1) is 11.3 Å². The minimum absolute atomic E-state index is 0.101. The van der Waals surface area contributed by atoms with Gasteiger partial charge in [-0.3, -0.25) is 24.6 Å². The number of halogens is 1. The molecule has 5 heterocycles. The molecule has 33 heavy (non-hydrogen) atoms. The summed E-state index contributed by atoms with van der Waals surface area (Å²) in [5, 5.41) is 11.1. The van der Waals surface area contributed by atoms with Crippen molar-refractivity contribution >= 4 is 22.8 Å². The molecule has 0 spiro atoms. The van der Waals surface area contributed by atoms with Crippen molar-refractivity contribution in [3.8, 4) is 6.07 Å². The van der Waals surface area contributed by atoms with Crippen molar-refractivity contribution < 1.29 is 0 Å². The summed E-state index contributed by atoms with van der Waals surface area (Å²) in [6.07, 6.45) is 4.73. The topological polar surface area (TPSA) is 126 Å². The number of hydrazine groups is 1. The van der Waals surface area contributed by atoms with E-state index in [0.29, 0.717) is 35.8 Å². The van der Waals surface area contributed by atoms with Crippen LogP contribution < -0.4 is 17.0 Å². The number of hydrogen-bond donors (Lipinski definition) is 1. The fourth-order valence-corrected chi connectivity index (χ4v) is 5.11. The first kappa shape index (κ1) is 21.7. The summed E-state index contributed by atoms with van der Waals surface area (Å²) in [4.78, 5) is 35.5. The Bertz CT molecular complexity index is 1360. The Hall–Kier alpha value is -3.10. The van der Waals surface area contributed by atoms with Gasteiger partial charge in [0.2, 0.25) is 0 Å². The summed E-state index contributed by atoms with van der Waals surface area (Å²) < 4.78 is 3.37. The number of nitrogens with zero attached hydrogens (tertiary/aromatic N) is 7. The van der Waals surface area contributed by atoms with Gasteiger partial charge in [-0.25, -0.2) is 15.0 Å². The second-order valence-electron chi connectivity index (χ2n) is 8.60. The van der Waals surface area contributed by atoms with Crippen molar-refractivity contribution in [3.05, 3.63) is 67.6 Å². The van der Waals surface area contributed by atoms with Crippen LogP contribution in [0.3, 0.4) is 0 Å². The lowest BCUT2D eigenvalue weighted by atomic mass is 10.0. The van der Waals surface area contributed by atoms with Crippen LogP contribution in [0.4, 0.5) is 0 Å². The highest BCUT2D eigenvalue weighted by Gasteiger charge is 2.30. The summed E-state index contributed by atoms with van der Waals surface area (Å²) in [6.45, 7) is 3.35. The zero-order valence-corrected chi connectivity index (χ0v) is 18.6. The van der Waals surface area contributed by atoms with Crippen LogP contribution in [-0.4, -0.2) is 54.7 Å². The molecule has 11 heteroatoms. The Morgan fingerprint density at radius 1 is 1.18 bits per heavy atom. The van der Waals surface area contributed by atoms with Crippen LogP contribution in [0.15, 0.2) is 40.2 Å². The lowest BCUT2D eigenvalue weighted by molar-refractivity contribution is 0.0946. The van der Waals surface area contributed by atoms with E-state index in [-0.39, 0.29) is 28.9 Å². The molecule has 5 rings (SSSR count). The molecule has 0 aliphatic carbocycles. The Kier molecular flexibility index (Phi) is 5.72. The van der Waals surface area contributed by atoms with Gasteiger partial charge in [-0.15, -0.1) is 0 Å². The third kappa shape index (κ3) is 4.05. The lowest BCUT2D eigenvalue weighted by Gasteiger charge is -2.37. The molecule has 2 aliphatic rings. The molecule has 0 amide bonds. The molecule has 3 aromatic rings. The van der Waals surface area contributed by atoms with E-state index in [9.17, 15) is 9.59 Å². The highest BCUT2D eigenvalue weighted by Crippen LogP contribution is 2.25. The zero-order valence-electron chi connectivity index (χ0n) is 17.9. The molecule has 1 saturated heterocycles. The van der Waals surface area contributed by atoms with Gasteiger partial charge < -0.3 is 4.90 Å². The van der Waals surface area contributed by atoms with Gasteiger partial charge in [-0.2, -0.15) is 5.26 Å². The number of likely N-dealkylation sites (tertiary alicyclic amines) is 1. The van der Waals surface area contributed by atoms with E-state index in [1.54, 1.807) is 32.5 Å². The van der Waals surface area contributed by atoms with E-state index >= 15 is 0 Å². The highest BCUT2D eigenvalue weighted by atomic mass is 35.5. The zero-order chi connectivity index (χ0) is 23.1. The van der Waals surface area contributed by atoms with Crippen LogP contribution in [0.25, 0.3) is 11.2 Å². The van der Waals surface area contributed by atoms with Crippen molar-refractivity contribution in [2.45, 2.75) is 38.0 Å². The number of aromatic nitrogens is 4. The number of nitriles is 1. The van der Waals surface area contributed by atoms with E-state index in [0.717, 1.165) is 31.5 Å². The largest absolute Gasteiger partial charge is 0.301 e. The first-order chi connectivity index (χ1) is 15.9. The van der Waals surface area contributed by atoms with Crippen LogP contribution >= 0.6 is 11.6 Å². The first-order valence-corrected chi connectivity index (χ1v) is 11.2. The Morgan fingerprint density at radius 3 is 2.70 bits per heavy atom. The smallest absolute Gasteiger partial charge is 0.270 e. The average Bonchev–Trinajstić information content (AvgIpc) is 3.19. The van der Waals surface area contributed by atoms with Crippen molar-refractivity contribution in [3.63, 3.8) is 0 Å². The molecule has 2 aliphatic heterocycles. The molecule has 1 fully saturated rings. The monoisotopic (exact) mass is 466 g/mol. The molecular weight excluding hydrogens is 444 g/mol. The molecular formula is C22H23ClN8O2. The maximum absolute atomic E-state index is 12.6. The Labute approximate surface area is 194 Å². The molecule has 170 valence electrons. The quantitative estimate of drug-likeness (QED) is 0.433. The molecule has 0 radical (unpaired) electrons. The number of hydrogen-bond acceptors (Lipinski definition) is 8. The van der Waals surface area contributed by atoms with E-state index in [1.807, 2.05) is 6.07 Å². The van der Waals surface area contributed by atoms with Crippen molar-refractivity contribution in [1.29, 1.82) is 5.26 Å². The van der Waals surface area contributed by atoms with E-state index in [2.05, 4.69) is 14.9 Å². The molecule has 0 saturated carbocycles. The number of pyridine rings is 2. The maximum Gasteiger partial charge on any atom is 0.270 e. The number of piperidine rings is 1. The number of nitrogens with two attached hydrogens (primary N) is 1. The Morgan fingerprint density at radius 2 is 1.97 bits per heavy atom. The second kappa shape index (κ2) is 8.68. The molecule has 10 nitrogen and oxygen atoms in total. The van der Waals surface area contributed by atoms with Crippen molar-refractivity contribution in [2.24, 2.45) is 5.84 Å². The predicted molar refractivity (Wildman–Crippen MR) is 122 cm³/mol. The average molecular weight is 467 g/mol. The standard InChI is InChI=1S/C22H23ClN8O2/c23-17-7-14(9-26-19(17)8-24)11-30(25)15-3-5-28(6-4-15)12-16-13-29-20(32)2-1-18-22(29)31(16)21(33)10-27-18/h1-2,7,9-10,15-16H,3-6,11-13,25H2. The normalized spacial score (nSPS) is 18.8. The molecule has 3 aromatic heterocycles. The van der Waals surface area contributed by atoms with Gasteiger partial charge in [0.15, 0.2) is 5.69 Å². The third-order valence-electron chi connectivity index (χ3n) is 6.54. The van der Waals surface area contributed by atoms with Gasteiger partial charge in [0.25, 0.3) is 11.1 Å². The highest BCUT2D eigenvalue weighted by molar-refractivity contribution is 6.31. The lowest BCUT2D eigenvalue weighted by Crippen LogP contribution is -2.48. The molecule has 1 unspecified atom stereocenters. The van der Waals surface area contributed by atoms with Gasteiger partial charge >= 0.3 is 0 Å². The Balaban J connectivity index is 1.22. The SMILES string of the molecule is N#Cc1ncc(CN(N)C2CCN(CC3Cn4c(=O)ccc5ncc(=O)n3c54)CC2)cc1Cl. The third-order valence-corrected chi connectivity index (χ3v) is 6.82. The first-order valence-electron chi connectivity index (χ1n) is 10.8. The van der Waals surface area contributed by atoms with Crippen LogP contribution in [0.1, 0.15) is 30.1 Å². The van der Waals surface area contributed by atoms with Crippen molar-refractivity contribution in [2.75, 3.05) is 19.6 Å². The summed E-state index contributed by atoms with van der Waals surface area (Å²) >= 11 is 6.08. The molecule has 2 N–H and O–H groups in total. The minimum Gasteiger partial charge on any atom is -0.301 e. The minimum atomic E-state index is -0.179. The summed E-state index contributed by atoms with van der Waals surface area (Å²) in [5.74, 6) is 6.34. The van der Waals surface area contributed by atoms with E-state index in [4.69, 9.17) is 22.7 Å². The van der Waals surface area contributed by atoms with Gasteiger partial charge in [-0.05, 0) is 43.6 Å². The van der Waals surface area contributed by atoms with Gasteiger partial charge in [-0.1, -0.05) is 11.6 Å². The number of rotatable bonds is 5. The molecule has 1 atom stereocenters. The summed E-state index contributed by atoms with van der Waals surface area (Å²) in [6, 6.07) is 6.96. The molecule has 0 bridgehead atoms. The molecule has 0 aromatic carbocycles. The maximum atomic E-state index is 12.6. The fourth-order valence-electron chi connectivity index (χ4n) is 4.88. The van der Waals surface area contributed by atoms with Gasteiger partial charge in [0.1, 0.15) is 17.2 Å². The van der Waals surface area contributed by atoms with E-state index in [1.165, 1.54) is 12.3 Å². The van der Waals surface area contributed by atoms with Gasteiger partial charge in [0, 0.05) is 37.9 Å². The fraction of sp³-hybridized carbons (Fsp3) is 0.409. The van der Waals surface area contributed by atoms with Crippen LogP contribution in [-0.2, 0) is 13.1 Å². The summed E-state index contributed by atoms with van der Waals surface area (Å²) in [7, 11) is 0. The predicted octanol–water partition coefficient (Wildman–Crippen LogP) is 0.873. The van der Waals surface area contributed by atoms with E-state index < -0.39 is 0 Å².